The van der Waals surface area contributed by atoms with Crippen molar-refractivity contribution in [1.82, 2.24) is 4.90 Å². The second-order valence-corrected chi connectivity index (χ2v) is 6.85. The maximum Gasteiger partial charge on any atom is 0.0967 e. The molecule has 0 spiro atoms. The summed E-state index contributed by atoms with van der Waals surface area (Å²) in [6.45, 7) is 2.64. The van der Waals surface area contributed by atoms with Crippen LogP contribution in [0.15, 0.2) is 91.0 Å². The van der Waals surface area contributed by atoms with Crippen molar-refractivity contribution in [3.8, 4) is 0 Å². The molecule has 0 bridgehead atoms. The Morgan fingerprint density at radius 3 is 1.74 bits per heavy atom. The summed E-state index contributed by atoms with van der Waals surface area (Å²) in [5, 5.41) is 21.2. The Morgan fingerprint density at radius 1 is 0.741 bits per heavy atom. The van der Waals surface area contributed by atoms with Gasteiger partial charge in [-0.15, -0.1) is 0 Å². The molecule has 3 atom stereocenters. The Balaban J connectivity index is 1.93. The fourth-order valence-electron chi connectivity index (χ4n) is 3.52. The topological polar surface area (TPSA) is 43.7 Å². The van der Waals surface area contributed by atoms with E-state index in [-0.39, 0.29) is 12.6 Å². The third-order valence-electron chi connectivity index (χ3n) is 5.11. The van der Waals surface area contributed by atoms with Crippen molar-refractivity contribution in [2.45, 2.75) is 31.7 Å². The molecule has 0 aromatic heterocycles. The molecule has 3 rings (SSSR count). The number of hydrogen-bond acceptors (Lipinski definition) is 3. The third-order valence-corrected chi connectivity index (χ3v) is 5.11. The van der Waals surface area contributed by atoms with Crippen LogP contribution in [0.5, 0.6) is 0 Å². The predicted molar refractivity (Wildman–Crippen MR) is 109 cm³/mol. The van der Waals surface area contributed by atoms with Gasteiger partial charge in [-0.05, 0) is 23.6 Å². The largest absolute Gasteiger partial charge is 0.395 e. The number of aliphatic hydroxyl groups is 2. The highest BCUT2D eigenvalue weighted by Crippen LogP contribution is 2.30. The van der Waals surface area contributed by atoms with Crippen LogP contribution in [-0.4, -0.2) is 27.8 Å². The fourth-order valence-corrected chi connectivity index (χ4v) is 3.52. The fraction of sp³-hybridized carbons (Fsp3) is 0.250. The van der Waals surface area contributed by atoms with Gasteiger partial charge in [0.15, 0.2) is 0 Å². The van der Waals surface area contributed by atoms with E-state index < -0.39 is 12.1 Å². The van der Waals surface area contributed by atoms with Crippen LogP contribution >= 0.6 is 0 Å². The standard InChI is InChI=1S/C24H27NO2/c1-19(21-13-7-3-8-14-21)25(17-20-11-5-2-6-12-20)23(18-26)24(27)22-15-9-4-10-16-22/h2-16,19,23-24,26-27H,17-18H2,1H3/t19-,23+,24-/m1/s1. The summed E-state index contributed by atoms with van der Waals surface area (Å²) in [7, 11) is 0. The molecular weight excluding hydrogens is 334 g/mol. The van der Waals surface area contributed by atoms with Gasteiger partial charge in [-0.25, -0.2) is 0 Å². The summed E-state index contributed by atoms with van der Waals surface area (Å²) in [6.07, 6.45) is -0.772. The first-order valence-electron chi connectivity index (χ1n) is 9.39. The minimum Gasteiger partial charge on any atom is -0.395 e. The molecule has 0 fully saturated rings. The Morgan fingerprint density at radius 2 is 1.22 bits per heavy atom. The Bertz CT molecular complexity index is 792. The molecule has 0 unspecified atom stereocenters. The average Bonchev–Trinajstić information content (AvgIpc) is 2.75. The highest BCUT2D eigenvalue weighted by Gasteiger charge is 2.30. The number of benzene rings is 3. The molecule has 3 nitrogen and oxygen atoms in total. The van der Waals surface area contributed by atoms with Gasteiger partial charge < -0.3 is 10.2 Å². The van der Waals surface area contributed by atoms with Crippen molar-refractivity contribution in [2.24, 2.45) is 0 Å². The van der Waals surface area contributed by atoms with Gasteiger partial charge in [-0.1, -0.05) is 91.0 Å². The summed E-state index contributed by atoms with van der Waals surface area (Å²) >= 11 is 0. The molecule has 0 aliphatic carbocycles. The second-order valence-electron chi connectivity index (χ2n) is 6.85. The minimum atomic E-state index is -0.772. The highest BCUT2D eigenvalue weighted by atomic mass is 16.3. The van der Waals surface area contributed by atoms with Gasteiger partial charge >= 0.3 is 0 Å². The molecule has 3 aromatic carbocycles. The van der Waals surface area contributed by atoms with Crippen LogP contribution in [0.25, 0.3) is 0 Å². The molecule has 27 heavy (non-hydrogen) atoms. The van der Waals surface area contributed by atoms with E-state index in [1.165, 1.54) is 0 Å². The van der Waals surface area contributed by atoms with Crippen molar-refractivity contribution in [2.75, 3.05) is 6.61 Å². The lowest BCUT2D eigenvalue weighted by Gasteiger charge is -2.38. The van der Waals surface area contributed by atoms with Gasteiger partial charge in [0, 0.05) is 12.6 Å². The SMILES string of the molecule is C[C@H](c1ccccc1)N(Cc1ccccc1)[C@@H](CO)[C@H](O)c1ccccc1. The number of aliphatic hydroxyl groups excluding tert-OH is 2. The van der Waals surface area contributed by atoms with Crippen molar-refractivity contribution < 1.29 is 10.2 Å². The Kier molecular flexibility index (Phi) is 6.77. The Labute approximate surface area is 161 Å². The van der Waals surface area contributed by atoms with Crippen LogP contribution in [0, 0.1) is 0 Å². The van der Waals surface area contributed by atoms with E-state index in [9.17, 15) is 10.2 Å². The van der Waals surface area contributed by atoms with Crippen LogP contribution in [0.2, 0.25) is 0 Å². The quantitative estimate of drug-likeness (QED) is 0.627. The maximum atomic E-state index is 11.0. The maximum absolute atomic E-state index is 11.0. The molecule has 2 N–H and O–H groups in total. The second kappa shape index (κ2) is 9.47. The first-order chi connectivity index (χ1) is 13.2. The molecule has 0 aliphatic heterocycles. The summed E-state index contributed by atoms with van der Waals surface area (Å²) in [4.78, 5) is 2.18. The van der Waals surface area contributed by atoms with E-state index in [2.05, 4.69) is 36.1 Å². The molecule has 3 aromatic rings. The molecule has 0 aliphatic rings. The summed E-state index contributed by atoms with van der Waals surface area (Å²) in [5.41, 5.74) is 3.13. The molecular formula is C24H27NO2. The first-order valence-corrected chi connectivity index (χ1v) is 9.39. The molecule has 0 saturated heterocycles. The van der Waals surface area contributed by atoms with Crippen LogP contribution in [-0.2, 0) is 6.54 Å². The zero-order chi connectivity index (χ0) is 19.1. The van der Waals surface area contributed by atoms with Gasteiger partial charge in [0.2, 0.25) is 0 Å². The van der Waals surface area contributed by atoms with Crippen LogP contribution in [0.1, 0.15) is 35.8 Å². The Hall–Kier alpha value is -2.46. The molecule has 140 valence electrons. The zero-order valence-electron chi connectivity index (χ0n) is 15.6. The average molecular weight is 361 g/mol. The third kappa shape index (κ3) is 4.83. The van der Waals surface area contributed by atoms with Gasteiger partial charge in [0.25, 0.3) is 0 Å². The van der Waals surface area contributed by atoms with Gasteiger partial charge in [0.1, 0.15) is 0 Å². The number of rotatable bonds is 8. The van der Waals surface area contributed by atoms with Crippen molar-refractivity contribution in [3.63, 3.8) is 0 Å². The lowest BCUT2D eigenvalue weighted by molar-refractivity contribution is -0.00942. The zero-order valence-corrected chi connectivity index (χ0v) is 15.6. The van der Waals surface area contributed by atoms with Crippen molar-refractivity contribution in [1.29, 1.82) is 0 Å². The molecule has 0 radical (unpaired) electrons. The van der Waals surface area contributed by atoms with E-state index in [4.69, 9.17) is 0 Å². The van der Waals surface area contributed by atoms with E-state index in [1.807, 2.05) is 66.7 Å². The van der Waals surface area contributed by atoms with Gasteiger partial charge in [-0.2, -0.15) is 0 Å². The van der Waals surface area contributed by atoms with E-state index in [0.29, 0.717) is 6.54 Å². The van der Waals surface area contributed by atoms with Crippen LogP contribution < -0.4 is 0 Å². The molecule has 0 heterocycles. The lowest BCUT2D eigenvalue weighted by atomic mass is 9.97. The molecule has 0 amide bonds. The summed E-state index contributed by atoms with van der Waals surface area (Å²) in [6, 6.07) is 29.6. The molecule has 3 heteroatoms. The van der Waals surface area contributed by atoms with Crippen molar-refractivity contribution in [3.05, 3.63) is 108 Å². The van der Waals surface area contributed by atoms with E-state index in [0.717, 1.165) is 16.7 Å². The van der Waals surface area contributed by atoms with E-state index >= 15 is 0 Å². The van der Waals surface area contributed by atoms with E-state index in [1.54, 1.807) is 0 Å². The van der Waals surface area contributed by atoms with Gasteiger partial charge in [0.05, 0.1) is 18.8 Å². The number of hydrogen-bond donors (Lipinski definition) is 2. The van der Waals surface area contributed by atoms with Crippen LogP contribution in [0.4, 0.5) is 0 Å². The summed E-state index contributed by atoms with van der Waals surface area (Å²) < 4.78 is 0. The highest BCUT2D eigenvalue weighted by molar-refractivity contribution is 5.23. The lowest BCUT2D eigenvalue weighted by Crippen LogP contribution is -2.43. The molecule has 0 saturated carbocycles. The number of nitrogens with zero attached hydrogens (tertiary/aromatic N) is 1. The van der Waals surface area contributed by atoms with Crippen molar-refractivity contribution >= 4 is 0 Å². The monoisotopic (exact) mass is 361 g/mol. The first kappa shape index (κ1) is 19.3. The smallest absolute Gasteiger partial charge is 0.0967 e. The summed E-state index contributed by atoms with van der Waals surface area (Å²) in [5.74, 6) is 0. The normalized spacial score (nSPS) is 14.7. The predicted octanol–water partition coefficient (Wildman–Crippen LogP) is 4.34. The minimum absolute atomic E-state index is 0.0434. The van der Waals surface area contributed by atoms with Crippen LogP contribution in [0.3, 0.4) is 0 Å². The van der Waals surface area contributed by atoms with Gasteiger partial charge in [-0.3, -0.25) is 4.90 Å².